The van der Waals surface area contributed by atoms with Crippen LogP contribution >= 0.6 is 0 Å². The van der Waals surface area contributed by atoms with Crippen LogP contribution in [0.4, 0.5) is 0 Å². The zero-order valence-electron chi connectivity index (χ0n) is 29.2. The molecule has 0 bridgehead atoms. The average Bonchev–Trinajstić information content (AvgIpc) is 3.24. The van der Waals surface area contributed by atoms with Crippen LogP contribution in [0.1, 0.15) is 0 Å². The molecule has 0 unspecified atom stereocenters. The molecule has 0 saturated heterocycles. The topological polar surface area (TPSA) is 25.8 Å². The molecular formula is C52H30N2. The first-order chi connectivity index (χ1) is 26.7. The fraction of sp³-hybridized carbons (Fsp3) is 0. The molecule has 0 aliphatic rings. The molecular weight excluding hydrogens is 653 g/mol. The Bertz CT molecular complexity index is 3190. The third-order valence-corrected chi connectivity index (χ3v) is 11.5. The van der Waals surface area contributed by atoms with Crippen molar-refractivity contribution >= 4 is 75.7 Å². The highest BCUT2D eigenvalue weighted by Crippen LogP contribution is 2.43. The predicted octanol–water partition coefficient (Wildman–Crippen LogP) is 14.1. The van der Waals surface area contributed by atoms with E-state index in [-0.39, 0.29) is 0 Å². The molecule has 54 heavy (non-hydrogen) atoms. The molecule has 0 aliphatic carbocycles. The van der Waals surface area contributed by atoms with Crippen LogP contribution in [0, 0.1) is 0 Å². The van der Waals surface area contributed by atoms with E-state index < -0.39 is 0 Å². The fourth-order valence-electron chi connectivity index (χ4n) is 9.04. The van der Waals surface area contributed by atoms with Crippen molar-refractivity contribution < 1.29 is 0 Å². The molecule has 0 radical (unpaired) electrons. The summed E-state index contributed by atoms with van der Waals surface area (Å²) in [6, 6.07) is 66.2. The summed E-state index contributed by atoms with van der Waals surface area (Å²) in [5.74, 6) is 0. The van der Waals surface area contributed by atoms with Gasteiger partial charge in [0, 0.05) is 11.1 Å². The molecule has 2 heteroatoms. The maximum Gasteiger partial charge on any atom is 0.0973 e. The first-order valence-electron chi connectivity index (χ1n) is 18.6. The summed E-state index contributed by atoms with van der Waals surface area (Å²) < 4.78 is 0. The lowest BCUT2D eigenvalue weighted by atomic mass is 9.89. The molecule has 0 N–H and O–H groups in total. The Morgan fingerprint density at radius 1 is 0.259 bits per heavy atom. The summed E-state index contributed by atoms with van der Waals surface area (Å²) in [6.07, 6.45) is 0. The van der Waals surface area contributed by atoms with Crippen LogP contribution in [0.2, 0.25) is 0 Å². The molecule has 0 aliphatic heterocycles. The Morgan fingerprint density at radius 3 is 1.06 bits per heavy atom. The third-order valence-electron chi connectivity index (χ3n) is 11.5. The summed E-state index contributed by atoms with van der Waals surface area (Å²) in [6.45, 7) is 0. The van der Waals surface area contributed by atoms with Crippen LogP contribution in [0.3, 0.4) is 0 Å². The standard InChI is InChI=1S/C52H30N2/c1-2-16-46-45(15-1)53-51(39-13-5-11-37(29-39)41-25-21-35-19-17-31-7-3-9-33-23-27-43(41)49(35)47(31)33)52(54-46)40-14-6-12-38(30-40)42-26-22-36-20-18-32-8-4-10-34-24-28-44(42)50(36)48(32)34/h1-30H. The minimum atomic E-state index is 0.876. The Morgan fingerprint density at radius 2 is 0.611 bits per heavy atom. The van der Waals surface area contributed by atoms with Gasteiger partial charge in [-0.2, -0.15) is 0 Å². The van der Waals surface area contributed by atoms with Gasteiger partial charge in [-0.05, 0) is 111 Å². The summed E-state index contributed by atoms with van der Waals surface area (Å²) in [5.41, 5.74) is 10.4. The smallest absolute Gasteiger partial charge is 0.0973 e. The molecule has 11 aromatic carbocycles. The van der Waals surface area contributed by atoms with Crippen LogP contribution in [-0.2, 0) is 0 Å². The Balaban J connectivity index is 1.04. The molecule has 2 nitrogen and oxygen atoms in total. The fourth-order valence-corrected chi connectivity index (χ4v) is 9.04. The van der Waals surface area contributed by atoms with Crippen LogP contribution < -0.4 is 0 Å². The van der Waals surface area contributed by atoms with Gasteiger partial charge < -0.3 is 0 Å². The lowest BCUT2D eigenvalue weighted by Crippen LogP contribution is -1.96. The molecule has 1 heterocycles. The highest BCUT2D eigenvalue weighted by molar-refractivity contribution is 6.26. The lowest BCUT2D eigenvalue weighted by Gasteiger charge is -2.16. The minimum Gasteiger partial charge on any atom is -0.244 e. The third kappa shape index (κ3) is 4.28. The van der Waals surface area contributed by atoms with Crippen molar-refractivity contribution in [2.75, 3.05) is 0 Å². The first-order valence-corrected chi connectivity index (χ1v) is 18.6. The normalized spacial score (nSPS) is 12.1. The molecule has 12 rings (SSSR count). The second kappa shape index (κ2) is 11.2. The van der Waals surface area contributed by atoms with E-state index in [9.17, 15) is 0 Å². The minimum absolute atomic E-state index is 0.876. The summed E-state index contributed by atoms with van der Waals surface area (Å²) in [4.78, 5) is 10.7. The highest BCUT2D eigenvalue weighted by atomic mass is 14.8. The predicted molar refractivity (Wildman–Crippen MR) is 229 cm³/mol. The Kier molecular flexibility index (Phi) is 6.09. The summed E-state index contributed by atoms with van der Waals surface area (Å²) in [5, 5.41) is 15.5. The van der Waals surface area contributed by atoms with Crippen molar-refractivity contribution in [2.24, 2.45) is 0 Å². The van der Waals surface area contributed by atoms with E-state index >= 15 is 0 Å². The number of para-hydroxylation sites is 2. The number of hydrogen-bond acceptors (Lipinski definition) is 2. The van der Waals surface area contributed by atoms with E-state index in [0.29, 0.717) is 0 Å². The number of nitrogens with zero attached hydrogens (tertiary/aromatic N) is 2. The summed E-state index contributed by atoms with van der Waals surface area (Å²) >= 11 is 0. The van der Waals surface area contributed by atoms with Gasteiger partial charge in [0.1, 0.15) is 0 Å². The molecule has 0 saturated carbocycles. The monoisotopic (exact) mass is 682 g/mol. The van der Waals surface area contributed by atoms with Gasteiger partial charge in [0.25, 0.3) is 0 Å². The quantitative estimate of drug-likeness (QED) is 0.173. The molecule has 0 atom stereocenters. The molecule has 0 spiro atoms. The van der Waals surface area contributed by atoms with E-state index in [2.05, 4.69) is 170 Å². The van der Waals surface area contributed by atoms with Crippen molar-refractivity contribution in [3.8, 4) is 44.8 Å². The van der Waals surface area contributed by atoms with Gasteiger partial charge in [0.15, 0.2) is 0 Å². The number of benzene rings is 11. The SMILES string of the molecule is c1cc(-c2nc3ccccc3nc2-c2cccc(-c3ccc4ccc5cccc6ccc3c4c56)c2)cc(-c2ccc3ccc4cccc5ccc2c3c45)c1. The van der Waals surface area contributed by atoms with Gasteiger partial charge in [0.2, 0.25) is 0 Å². The molecule has 12 aromatic rings. The molecule has 1 aromatic heterocycles. The summed E-state index contributed by atoms with van der Waals surface area (Å²) in [7, 11) is 0. The average molecular weight is 683 g/mol. The van der Waals surface area contributed by atoms with Crippen molar-refractivity contribution in [1.29, 1.82) is 0 Å². The Labute approximate surface area is 311 Å². The first kappa shape index (κ1) is 29.4. The van der Waals surface area contributed by atoms with Crippen molar-refractivity contribution in [1.82, 2.24) is 9.97 Å². The van der Waals surface area contributed by atoms with Crippen LogP contribution in [0.15, 0.2) is 182 Å². The number of hydrogen-bond donors (Lipinski definition) is 0. The van der Waals surface area contributed by atoms with Crippen LogP contribution in [-0.4, -0.2) is 9.97 Å². The Hall–Kier alpha value is -7.16. The van der Waals surface area contributed by atoms with Crippen molar-refractivity contribution in [3.63, 3.8) is 0 Å². The van der Waals surface area contributed by atoms with Gasteiger partial charge in [0.05, 0.1) is 22.4 Å². The maximum atomic E-state index is 5.33. The van der Waals surface area contributed by atoms with Crippen LogP contribution in [0.5, 0.6) is 0 Å². The van der Waals surface area contributed by atoms with Crippen molar-refractivity contribution in [3.05, 3.63) is 182 Å². The lowest BCUT2D eigenvalue weighted by molar-refractivity contribution is 1.29. The number of rotatable bonds is 4. The van der Waals surface area contributed by atoms with E-state index in [1.54, 1.807) is 0 Å². The second-order valence-electron chi connectivity index (χ2n) is 14.5. The molecule has 248 valence electrons. The molecule has 0 amide bonds. The number of aromatic nitrogens is 2. The zero-order chi connectivity index (χ0) is 35.3. The second-order valence-corrected chi connectivity index (χ2v) is 14.5. The van der Waals surface area contributed by atoms with Gasteiger partial charge in [-0.3, -0.25) is 0 Å². The largest absolute Gasteiger partial charge is 0.244 e. The van der Waals surface area contributed by atoms with E-state index in [0.717, 1.165) is 44.7 Å². The van der Waals surface area contributed by atoms with Gasteiger partial charge >= 0.3 is 0 Å². The zero-order valence-corrected chi connectivity index (χ0v) is 29.2. The van der Waals surface area contributed by atoms with E-state index in [1.165, 1.54) is 75.8 Å². The van der Waals surface area contributed by atoms with Crippen LogP contribution in [0.25, 0.3) is 120 Å². The molecule has 0 fully saturated rings. The van der Waals surface area contributed by atoms with Crippen molar-refractivity contribution in [2.45, 2.75) is 0 Å². The van der Waals surface area contributed by atoms with Gasteiger partial charge in [-0.1, -0.05) is 158 Å². The number of fused-ring (bicyclic) bond motifs is 1. The maximum absolute atomic E-state index is 5.33. The van der Waals surface area contributed by atoms with Gasteiger partial charge in [-0.25, -0.2) is 9.97 Å². The highest BCUT2D eigenvalue weighted by Gasteiger charge is 2.18. The van der Waals surface area contributed by atoms with Gasteiger partial charge in [-0.15, -0.1) is 0 Å². The van der Waals surface area contributed by atoms with E-state index in [4.69, 9.17) is 9.97 Å². The van der Waals surface area contributed by atoms with E-state index in [1.807, 2.05) is 12.1 Å².